The van der Waals surface area contributed by atoms with Crippen molar-refractivity contribution >= 4 is 210 Å². The predicted molar refractivity (Wildman–Crippen MR) is 279 cm³/mol. The van der Waals surface area contributed by atoms with Gasteiger partial charge < -0.3 is 0 Å². The fourth-order valence-electron chi connectivity index (χ4n) is 7.54. The van der Waals surface area contributed by atoms with Crippen LogP contribution in [0.2, 0.25) is 39.8 Å². The molecule has 0 aromatic heterocycles. The number of hydrogen-bond donors (Lipinski definition) is 0. The minimum atomic E-state index is -2.81. The summed E-state index contributed by atoms with van der Waals surface area (Å²) in [4.78, 5) is 10.1. The molecule has 0 saturated carbocycles. The van der Waals surface area contributed by atoms with Crippen molar-refractivity contribution in [3.8, 4) is 0 Å². The van der Waals surface area contributed by atoms with Gasteiger partial charge in [0.05, 0.1) is 0 Å². The van der Waals surface area contributed by atoms with Gasteiger partial charge >= 0.3 is 199 Å². The van der Waals surface area contributed by atoms with Gasteiger partial charge in [0.1, 0.15) is 0 Å². The molecule has 0 fully saturated rings. The van der Waals surface area contributed by atoms with Gasteiger partial charge in [-0.2, -0.15) is 0 Å². The van der Waals surface area contributed by atoms with E-state index in [0.717, 1.165) is 50.2 Å². The fraction of sp³-hybridized carbons (Fsp3) is 0.0833. The second kappa shape index (κ2) is 18.7. The normalized spacial score (nSPS) is 14.6. The van der Waals surface area contributed by atoms with E-state index in [4.69, 9.17) is 46.4 Å². The molecule has 0 spiro atoms. The minimum absolute atomic E-state index is 0.705. The van der Waals surface area contributed by atoms with Gasteiger partial charge in [0, 0.05) is 27.9 Å². The van der Waals surface area contributed by atoms with Crippen LogP contribution in [-0.4, -0.2) is 36.8 Å². The molecular formula is C48H36Br4Cl4Sn2. The second-order valence-corrected chi connectivity index (χ2v) is 45.2. The van der Waals surface area contributed by atoms with Gasteiger partial charge in [-0.1, -0.05) is 123 Å². The Hall–Kier alpha value is -1.04. The van der Waals surface area contributed by atoms with Gasteiger partial charge in [-0.3, -0.25) is 0 Å². The van der Waals surface area contributed by atoms with Crippen LogP contribution in [0, 0.1) is 0 Å². The second-order valence-electron chi connectivity index (χ2n) is 15.3. The molecule has 0 N–H and O–H groups in total. The molecule has 0 unspecified atom stereocenters. The Labute approximate surface area is 403 Å². The van der Waals surface area contributed by atoms with Crippen LogP contribution in [0.1, 0.15) is 44.5 Å². The third-order valence-corrected chi connectivity index (χ3v) is 34.8. The summed E-state index contributed by atoms with van der Waals surface area (Å²) in [6, 6.07) is 33.5. The van der Waals surface area contributed by atoms with Crippen LogP contribution >= 0.6 is 110 Å². The topological polar surface area (TPSA) is 0 Å². The standard InChI is InChI=1S/C22H12Br4Cl2.C22H12Cl2.4CH3.2Sn/c23-19-10-16(4-2-14-6-8-18(28)12-22(14)26)20(24)9-15(19)3-1-13-5-7-17(27)11-21(13)25;23-21-13-9-19(10-14-21)7-5-17-1-2-18(4-3-17)6-8-20-11-15-22(24)16-12-20;;;;;;/h1-12H;1,4-9,11,13-16H;4*1H3;;/b3-1-,4-2-;;;;;;;. The van der Waals surface area contributed by atoms with Gasteiger partial charge in [0.25, 0.3) is 0 Å². The van der Waals surface area contributed by atoms with Gasteiger partial charge in [-0.25, -0.2) is 0 Å². The Morgan fingerprint density at radius 3 is 1.02 bits per heavy atom. The monoisotopic (exact) mass is 1310 g/mol. The molecule has 2 heterocycles. The molecule has 0 bridgehead atoms. The Morgan fingerprint density at radius 1 is 0.345 bits per heavy atom. The average Bonchev–Trinajstić information content (AvgIpc) is 3.34. The van der Waals surface area contributed by atoms with Crippen molar-refractivity contribution in [2.24, 2.45) is 0 Å². The molecule has 8 rings (SSSR count). The summed E-state index contributed by atoms with van der Waals surface area (Å²) in [6.07, 6.45) is 17.5. The van der Waals surface area contributed by atoms with Crippen LogP contribution in [0.5, 0.6) is 0 Å². The number of benzene rings is 6. The van der Waals surface area contributed by atoms with Crippen molar-refractivity contribution in [1.82, 2.24) is 0 Å². The summed E-state index contributed by atoms with van der Waals surface area (Å²) >= 11 is 33.7. The first-order valence-electron chi connectivity index (χ1n) is 18.4. The van der Waals surface area contributed by atoms with E-state index in [1.807, 2.05) is 60.7 Å². The number of halogens is 8. The molecule has 0 aliphatic carbocycles. The van der Waals surface area contributed by atoms with E-state index in [1.54, 1.807) is 7.16 Å². The van der Waals surface area contributed by atoms with Crippen LogP contribution in [0.3, 0.4) is 0 Å². The molecule has 58 heavy (non-hydrogen) atoms. The summed E-state index contributed by atoms with van der Waals surface area (Å²) in [5.41, 5.74) is 9.74. The summed E-state index contributed by atoms with van der Waals surface area (Å²) in [5, 5.41) is 3.09. The zero-order valence-electron chi connectivity index (χ0n) is 31.9. The SMILES string of the molecule is Clc1ccc(/C=C\c2cc(Br)c(/C=C\c3ccc(Cl)cc3Br)cc2Br)c(Br)c1.[CH3][Sn]1([CH3])[c]2cc(Cl)ccc2C=Cc2c[c]3c(c[c]21)C=Cc1ccc(Cl)c[c]1[Sn]3([CH3])[CH3]. The summed E-state index contributed by atoms with van der Waals surface area (Å²) in [7, 11) is 0. The van der Waals surface area contributed by atoms with Crippen molar-refractivity contribution in [1.29, 1.82) is 0 Å². The molecular weight excluding hydrogens is 1280 g/mol. The maximum atomic E-state index is 6.42. The summed E-state index contributed by atoms with van der Waals surface area (Å²) < 4.78 is 10.0. The Balaban J connectivity index is 0.000000177. The first-order chi connectivity index (χ1) is 27.5. The third-order valence-electron chi connectivity index (χ3n) is 10.8. The Kier molecular flexibility index (Phi) is 14.5. The van der Waals surface area contributed by atoms with E-state index < -0.39 is 36.8 Å². The van der Waals surface area contributed by atoms with Crippen LogP contribution < -0.4 is 14.3 Å². The van der Waals surface area contributed by atoms with Crippen molar-refractivity contribution < 1.29 is 0 Å². The zero-order chi connectivity index (χ0) is 41.5. The molecule has 2 aliphatic heterocycles. The number of fused-ring (bicyclic) bond motifs is 4. The Morgan fingerprint density at radius 2 is 0.638 bits per heavy atom. The van der Waals surface area contributed by atoms with E-state index >= 15 is 0 Å². The molecule has 292 valence electrons. The van der Waals surface area contributed by atoms with Crippen molar-refractivity contribution in [3.63, 3.8) is 0 Å². The average molecular weight is 1310 g/mol. The van der Waals surface area contributed by atoms with Gasteiger partial charge in [-0.15, -0.1) is 0 Å². The van der Waals surface area contributed by atoms with Crippen molar-refractivity contribution in [3.05, 3.63) is 180 Å². The fourth-order valence-corrected chi connectivity index (χ4v) is 28.6. The first kappa shape index (κ1) is 45.0. The Bertz CT molecular complexity index is 2550. The first-order valence-corrected chi connectivity index (χ1v) is 40.2. The number of hydrogen-bond acceptors (Lipinski definition) is 0. The molecule has 2 aliphatic rings. The van der Waals surface area contributed by atoms with E-state index in [1.165, 1.54) is 29.4 Å². The maximum absolute atomic E-state index is 6.42. The van der Waals surface area contributed by atoms with Crippen LogP contribution in [0.15, 0.2) is 115 Å². The van der Waals surface area contributed by atoms with Crippen LogP contribution in [0.4, 0.5) is 0 Å². The van der Waals surface area contributed by atoms with Gasteiger partial charge in [0.15, 0.2) is 0 Å². The molecule has 0 amide bonds. The summed E-state index contributed by atoms with van der Waals surface area (Å²) in [5.74, 6) is 0. The van der Waals surface area contributed by atoms with Crippen molar-refractivity contribution in [2.75, 3.05) is 0 Å². The zero-order valence-corrected chi connectivity index (χ0v) is 47.0. The van der Waals surface area contributed by atoms with Gasteiger partial charge in [0.2, 0.25) is 0 Å². The number of rotatable bonds is 4. The molecule has 6 aromatic rings. The van der Waals surface area contributed by atoms with E-state index in [2.05, 4.69) is 168 Å². The predicted octanol–water partition coefficient (Wildman–Crippen LogP) is 16.0. The third kappa shape index (κ3) is 9.93. The molecule has 0 nitrogen and oxygen atoms in total. The molecule has 6 aromatic carbocycles. The van der Waals surface area contributed by atoms with Gasteiger partial charge in [-0.05, 0) is 58.7 Å². The van der Waals surface area contributed by atoms with Crippen LogP contribution in [-0.2, 0) is 0 Å². The summed E-state index contributed by atoms with van der Waals surface area (Å²) in [6.45, 7) is 0. The van der Waals surface area contributed by atoms with Crippen LogP contribution in [0.25, 0.3) is 48.6 Å². The van der Waals surface area contributed by atoms with E-state index in [9.17, 15) is 0 Å². The molecule has 0 radical (unpaired) electrons. The van der Waals surface area contributed by atoms with E-state index in [-0.39, 0.29) is 0 Å². The van der Waals surface area contributed by atoms with Crippen molar-refractivity contribution in [2.45, 2.75) is 19.8 Å². The quantitative estimate of drug-likeness (QED) is 0.122. The molecule has 0 saturated heterocycles. The van der Waals surface area contributed by atoms with E-state index in [0.29, 0.717) is 10.0 Å². The molecule has 0 atom stereocenters. The molecule has 10 heteroatoms.